The van der Waals surface area contributed by atoms with Crippen LogP contribution in [0.25, 0.3) is 0 Å². The molecule has 0 atom stereocenters. The normalized spacial score (nSPS) is 14.3. The number of nitrogens with one attached hydrogen (secondary N) is 1. The van der Waals surface area contributed by atoms with Gasteiger partial charge in [-0.2, -0.15) is 0 Å². The molecule has 0 saturated carbocycles. The average molecular weight is 263 g/mol. The van der Waals surface area contributed by atoms with Gasteiger partial charge >= 0.3 is 0 Å². The monoisotopic (exact) mass is 263 g/mol. The van der Waals surface area contributed by atoms with E-state index in [1.807, 2.05) is 0 Å². The number of hydrogen-bond acceptors (Lipinski definition) is 5. The predicted octanol–water partition coefficient (Wildman–Crippen LogP) is 2.08. The second-order valence-corrected chi connectivity index (χ2v) is 4.55. The first-order chi connectivity index (χ1) is 9.35. The van der Waals surface area contributed by atoms with Crippen molar-refractivity contribution in [3.63, 3.8) is 0 Å². The summed E-state index contributed by atoms with van der Waals surface area (Å²) >= 11 is 0. The van der Waals surface area contributed by atoms with Crippen molar-refractivity contribution >= 4 is 0 Å². The molecule has 1 aromatic rings. The Balaban J connectivity index is 1.87. The summed E-state index contributed by atoms with van der Waals surface area (Å²) in [5, 5.41) is 3.40. The topological polar surface area (TPSA) is 56.3 Å². The highest BCUT2D eigenvalue weighted by Crippen LogP contribution is 2.23. The molecule has 0 bridgehead atoms. The zero-order valence-corrected chi connectivity index (χ0v) is 11.6. The van der Waals surface area contributed by atoms with Crippen LogP contribution in [0.3, 0.4) is 0 Å². The molecular weight excluding hydrogens is 242 g/mol. The van der Waals surface area contributed by atoms with Gasteiger partial charge in [-0.3, -0.25) is 0 Å². The zero-order chi connectivity index (χ0) is 13.5. The first kappa shape index (κ1) is 13.8. The van der Waals surface area contributed by atoms with Gasteiger partial charge in [-0.25, -0.2) is 9.97 Å². The first-order valence-corrected chi connectivity index (χ1v) is 6.65. The second kappa shape index (κ2) is 7.09. The number of methoxy groups -OCH3 is 2. The van der Waals surface area contributed by atoms with Crippen LogP contribution in [-0.2, 0) is 6.54 Å². The van der Waals surface area contributed by atoms with Crippen LogP contribution < -0.4 is 14.8 Å². The van der Waals surface area contributed by atoms with E-state index in [1.165, 1.54) is 25.6 Å². The van der Waals surface area contributed by atoms with E-state index in [2.05, 4.69) is 21.4 Å². The maximum Gasteiger partial charge on any atom is 0.224 e. The summed E-state index contributed by atoms with van der Waals surface area (Å²) in [6.45, 7) is 1.60. The number of allylic oxidation sites excluding steroid dienone is 1. The van der Waals surface area contributed by atoms with Gasteiger partial charge in [-0.15, -0.1) is 0 Å². The van der Waals surface area contributed by atoms with E-state index in [9.17, 15) is 0 Å². The number of rotatable bonds is 7. The quantitative estimate of drug-likeness (QED) is 0.603. The molecule has 0 radical (unpaired) electrons. The van der Waals surface area contributed by atoms with E-state index in [0.29, 0.717) is 18.3 Å². The van der Waals surface area contributed by atoms with Crippen molar-refractivity contribution in [2.75, 3.05) is 20.8 Å². The molecule has 1 aliphatic carbocycles. The van der Waals surface area contributed by atoms with Crippen LogP contribution in [0.1, 0.15) is 31.2 Å². The van der Waals surface area contributed by atoms with Crippen molar-refractivity contribution in [1.29, 1.82) is 0 Å². The largest absolute Gasteiger partial charge is 0.481 e. The minimum absolute atomic E-state index is 0.569. The van der Waals surface area contributed by atoms with Gasteiger partial charge < -0.3 is 14.8 Å². The van der Waals surface area contributed by atoms with E-state index >= 15 is 0 Å². The number of hydrogen-bond donors (Lipinski definition) is 1. The Morgan fingerprint density at radius 3 is 2.53 bits per heavy atom. The summed E-state index contributed by atoms with van der Waals surface area (Å²) in [5.41, 5.74) is 2.43. The molecule has 0 amide bonds. The van der Waals surface area contributed by atoms with Gasteiger partial charge in [0.1, 0.15) is 6.33 Å². The van der Waals surface area contributed by atoms with Crippen molar-refractivity contribution < 1.29 is 9.47 Å². The van der Waals surface area contributed by atoms with Crippen LogP contribution >= 0.6 is 0 Å². The number of ether oxygens (including phenoxy) is 2. The molecule has 19 heavy (non-hydrogen) atoms. The van der Waals surface area contributed by atoms with Gasteiger partial charge in [0.25, 0.3) is 0 Å². The fourth-order valence-electron chi connectivity index (χ4n) is 2.31. The van der Waals surface area contributed by atoms with E-state index < -0.39 is 0 Å². The fourth-order valence-corrected chi connectivity index (χ4v) is 2.31. The summed E-state index contributed by atoms with van der Waals surface area (Å²) < 4.78 is 10.5. The Bertz CT molecular complexity index is 424. The Hall–Kier alpha value is -1.62. The molecule has 1 aliphatic rings. The molecule has 0 saturated heterocycles. The van der Waals surface area contributed by atoms with Crippen molar-refractivity contribution in [2.24, 2.45) is 0 Å². The molecule has 1 N–H and O–H groups in total. The molecule has 5 heteroatoms. The molecule has 0 spiro atoms. The van der Waals surface area contributed by atoms with Crippen LogP contribution in [0, 0.1) is 0 Å². The molecule has 1 heterocycles. The van der Waals surface area contributed by atoms with Crippen LogP contribution in [0.4, 0.5) is 0 Å². The lowest BCUT2D eigenvalue weighted by atomic mass is 10.1. The Morgan fingerprint density at radius 1 is 1.21 bits per heavy atom. The molecule has 2 rings (SSSR count). The van der Waals surface area contributed by atoms with Gasteiger partial charge in [0, 0.05) is 6.54 Å². The van der Waals surface area contributed by atoms with Gasteiger partial charge in [-0.1, -0.05) is 11.6 Å². The maximum atomic E-state index is 5.24. The van der Waals surface area contributed by atoms with Crippen LogP contribution in [0.5, 0.6) is 11.8 Å². The standard InChI is InChI=1S/C14H21N3O2/c1-18-13-12(14(19-2)17-10-16-13)9-15-8-7-11-5-3-4-6-11/h5,10,15H,3-4,6-9H2,1-2H3. The molecule has 1 aromatic heterocycles. The number of nitrogens with zero attached hydrogens (tertiary/aromatic N) is 2. The summed E-state index contributed by atoms with van der Waals surface area (Å²) in [4.78, 5) is 8.19. The lowest BCUT2D eigenvalue weighted by Gasteiger charge is -2.11. The van der Waals surface area contributed by atoms with E-state index in [4.69, 9.17) is 9.47 Å². The molecule has 0 fully saturated rings. The smallest absolute Gasteiger partial charge is 0.224 e. The third kappa shape index (κ3) is 3.67. The van der Waals surface area contributed by atoms with E-state index in [-0.39, 0.29) is 0 Å². The molecule has 0 unspecified atom stereocenters. The van der Waals surface area contributed by atoms with E-state index in [1.54, 1.807) is 19.8 Å². The van der Waals surface area contributed by atoms with E-state index in [0.717, 1.165) is 18.5 Å². The van der Waals surface area contributed by atoms with Crippen molar-refractivity contribution in [1.82, 2.24) is 15.3 Å². The summed E-state index contributed by atoms with van der Waals surface area (Å²) in [6.07, 6.45) is 8.72. The second-order valence-electron chi connectivity index (χ2n) is 4.55. The number of aromatic nitrogens is 2. The van der Waals surface area contributed by atoms with Gasteiger partial charge in [0.15, 0.2) is 0 Å². The van der Waals surface area contributed by atoms with Crippen molar-refractivity contribution in [3.05, 3.63) is 23.5 Å². The zero-order valence-electron chi connectivity index (χ0n) is 11.6. The Kier molecular flexibility index (Phi) is 5.15. The maximum absolute atomic E-state index is 5.24. The lowest BCUT2D eigenvalue weighted by Crippen LogP contribution is -2.17. The molecule has 5 nitrogen and oxygen atoms in total. The molecule has 104 valence electrons. The van der Waals surface area contributed by atoms with Gasteiger partial charge in [-0.05, 0) is 32.2 Å². The van der Waals surface area contributed by atoms with Crippen molar-refractivity contribution in [2.45, 2.75) is 32.2 Å². The molecular formula is C14H21N3O2. The minimum Gasteiger partial charge on any atom is -0.481 e. The van der Waals surface area contributed by atoms with Crippen LogP contribution in [-0.4, -0.2) is 30.7 Å². The Morgan fingerprint density at radius 2 is 1.95 bits per heavy atom. The Labute approximate surface area is 114 Å². The average Bonchev–Trinajstić information content (AvgIpc) is 2.96. The van der Waals surface area contributed by atoms with Crippen LogP contribution in [0.15, 0.2) is 18.0 Å². The minimum atomic E-state index is 0.569. The lowest BCUT2D eigenvalue weighted by molar-refractivity contribution is 0.359. The van der Waals surface area contributed by atoms with Crippen molar-refractivity contribution in [3.8, 4) is 11.8 Å². The highest BCUT2D eigenvalue weighted by atomic mass is 16.5. The fraction of sp³-hybridized carbons (Fsp3) is 0.571. The molecule has 0 aliphatic heterocycles. The first-order valence-electron chi connectivity index (χ1n) is 6.65. The SMILES string of the molecule is COc1ncnc(OC)c1CNCCC1=CCCC1. The highest BCUT2D eigenvalue weighted by molar-refractivity contribution is 5.34. The summed E-state index contributed by atoms with van der Waals surface area (Å²) in [5.74, 6) is 1.14. The van der Waals surface area contributed by atoms with Gasteiger partial charge in [0.2, 0.25) is 11.8 Å². The third-order valence-corrected chi connectivity index (χ3v) is 3.31. The summed E-state index contributed by atoms with van der Waals surface area (Å²) in [7, 11) is 3.21. The predicted molar refractivity (Wildman–Crippen MR) is 73.4 cm³/mol. The molecule has 0 aromatic carbocycles. The van der Waals surface area contributed by atoms with Crippen LogP contribution in [0.2, 0.25) is 0 Å². The summed E-state index contributed by atoms with van der Waals surface area (Å²) in [6, 6.07) is 0. The van der Waals surface area contributed by atoms with Gasteiger partial charge in [0.05, 0.1) is 19.8 Å². The highest BCUT2D eigenvalue weighted by Gasteiger charge is 2.12. The third-order valence-electron chi connectivity index (χ3n) is 3.31.